The van der Waals surface area contributed by atoms with Crippen LogP contribution < -0.4 is 5.32 Å². The molecule has 4 nitrogen and oxygen atoms in total. The van der Waals surface area contributed by atoms with E-state index in [1.165, 1.54) is 0 Å². The summed E-state index contributed by atoms with van der Waals surface area (Å²) in [6, 6.07) is 14.2. The second-order valence-electron chi connectivity index (χ2n) is 4.25. The van der Waals surface area contributed by atoms with Crippen LogP contribution in [0.1, 0.15) is 11.1 Å². The van der Waals surface area contributed by atoms with E-state index in [9.17, 15) is 10.2 Å². The highest BCUT2D eigenvalue weighted by Crippen LogP contribution is 2.15. The molecule has 0 aliphatic carbocycles. The van der Waals surface area contributed by atoms with Crippen LogP contribution in [0.4, 0.5) is 0 Å². The first kappa shape index (κ1) is 14.1. The molecule has 2 aromatic rings. The first-order chi connectivity index (χ1) is 9.77. The number of benzene rings is 2. The Bertz CT molecular complexity index is 582. The molecule has 4 heteroatoms. The van der Waals surface area contributed by atoms with Gasteiger partial charge in [-0.15, -0.1) is 0 Å². The molecule has 0 unspecified atom stereocenters. The van der Waals surface area contributed by atoms with E-state index in [1.807, 2.05) is 18.2 Å². The van der Waals surface area contributed by atoms with E-state index in [0.717, 1.165) is 5.56 Å². The molecule has 0 heterocycles. The zero-order valence-electron chi connectivity index (χ0n) is 11.0. The van der Waals surface area contributed by atoms with Crippen molar-refractivity contribution in [2.24, 2.45) is 4.99 Å². The van der Waals surface area contributed by atoms with Crippen molar-refractivity contribution in [3.05, 3.63) is 66.2 Å². The number of rotatable bonds is 6. The van der Waals surface area contributed by atoms with Crippen molar-refractivity contribution in [3.8, 4) is 11.5 Å². The zero-order chi connectivity index (χ0) is 14.2. The Morgan fingerprint density at radius 1 is 0.900 bits per heavy atom. The predicted molar refractivity (Wildman–Crippen MR) is 80.1 cm³/mol. The van der Waals surface area contributed by atoms with E-state index in [2.05, 4.69) is 10.3 Å². The highest BCUT2D eigenvalue weighted by atomic mass is 16.3. The summed E-state index contributed by atoms with van der Waals surface area (Å²) in [5.41, 5.74) is 1.45. The van der Waals surface area contributed by atoms with Crippen LogP contribution in [0.5, 0.6) is 11.5 Å². The lowest BCUT2D eigenvalue weighted by Crippen LogP contribution is -2.15. The molecule has 2 aromatic carbocycles. The molecule has 0 aliphatic rings. The van der Waals surface area contributed by atoms with Gasteiger partial charge in [0.05, 0.1) is 13.1 Å². The Labute approximate surface area is 118 Å². The monoisotopic (exact) mass is 269 g/mol. The Kier molecular flexibility index (Phi) is 5.15. The molecule has 0 aromatic heterocycles. The van der Waals surface area contributed by atoms with Crippen molar-refractivity contribution in [2.45, 2.75) is 0 Å². The molecule has 1 radical (unpaired) electrons. The first-order valence-corrected chi connectivity index (χ1v) is 6.40. The molecule has 20 heavy (non-hydrogen) atoms. The van der Waals surface area contributed by atoms with Crippen LogP contribution in [0.25, 0.3) is 0 Å². The fraction of sp³-hybridized carbons (Fsp3) is 0.125. The van der Waals surface area contributed by atoms with Gasteiger partial charge in [0, 0.05) is 23.9 Å². The van der Waals surface area contributed by atoms with Crippen LogP contribution in [0.2, 0.25) is 0 Å². The average Bonchev–Trinajstić information content (AvgIpc) is 2.46. The molecule has 0 saturated carbocycles. The van der Waals surface area contributed by atoms with Gasteiger partial charge in [0.1, 0.15) is 11.5 Å². The summed E-state index contributed by atoms with van der Waals surface area (Å²) in [6.45, 7) is 2.99. The largest absolute Gasteiger partial charge is 0.508 e. The van der Waals surface area contributed by atoms with E-state index in [0.29, 0.717) is 18.7 Å². The van der Waals surface area contributed by atoms with Crippen LogP contribution in [0.3, 0.4) is 0 Å². The van der Waals surface area contributed by atoms with Crippen molar-refractivity contribution >= 4 is 6.21 Å². The highest BCUT2D eigenvalue weighted by Gasteiger charge is 1.98. The highest BCUT2D eigenvalue weighted by molar-refractivity contribution is 5.83. The number of para-hydroxylation sites is 2. The van der Waals surface area contributed by atoms with Gasteiger partial charge < -0.3 is 15.5 Å². The summed E-state index contributed by atoms with van der Waals surface area (Å²) in [7, 11) is 0. The number of phenols is 2. The smallest absolute Gasteiger partial charge is 0.124 e. The fourth-order valence-corrected chi connectivity index (χ4v) is 1.68. The van der Waals surface area contributed by atoms with Crippen LogP contribution in [0.15, 0.2) is 53.5 Å². The standard InChI is InChI=1S/C16H17N2O2/c19-15-7-3-1-5-13(15)11-17-9-10-18-12-14-6-2-4-8-16(14)20/h1-8,11-12,17,19-20H,9-10H2. The lowest BCUT2D eigenvalue weighted by atomic mass is 10.2. The minimum Gasteiger partial charge on any atom is -0.508 e. The lowest BCUT2D eigenvalue weighted by Gasteiger charge is -2.04. The van der Waals surface area contributed by atoms with Gasteiger partial charge in [-0.1, -0.05) is 30.3 Å². The lowest BCUT2D eigenvalue weighted by molar-refractivity contribution is 0.470. The third-order valence-electron chi connectivity index (χ3n) is 2.75. The first-order valence-electron chi connectivity index (χ1n) is 6.40. The van der Waals surface area contributed by atoms with Crippen molar-refractivity contribution in [3.63, 3.8) is 0 Å². The predicted octanol–water partition coefficient (Wildman–Crippen LogP) is 2.32. The van der Waals surface area contributed by atoms with E-state index < -0.39 is 0 Å². The second-order valence-corrected chi connectivity index (χ2v) is 4.25. The Hall–Kier alpha value is -2.33. The van der Waals surface area contributed by atoms with Crippen LogP contribution in [0, 0.1) is 6.54 Å². The summed E-state index contributed by atoms with van der Waals surface area (Å²) in [6.07, 6.45) is 1.65. The van der Waals surface area contributed by atoms with Crippen molar-refractivity contribution in [2.75, 3.05) is 13.1 Å². The number of aromatic hydroxyl groups is 2. The second kappa shape index (κ2) is 7.31. The van der Waals surface area contributed by atoms with Gasteiger partial charge in [0.2, 0.25) is 0 Å². The number of aliphatic imine (C=N–C) groups is 1. The van der Waals surface area contributed by atoms with E-state index in [-0.39, 0.29) is 11.5 Å². The molecule has 0 amide bonds. The SMILES string of the molecule is Oc1ccccc1[CH]NCCN=Cc1ccccc1O. The number of hydrogen-bond acceptors (Lipinski definition) is 4. The minimum atomic E-state index is 0.227. The van der Waals surface area contributed by atoms with Crippen LogP contribution >= 0.6 is 0 Å². The molecule has 0 fully saturated rings. The van der Waals surface area contributed by atoms with Gasteiger partial charge in [-0.2, -0.15) is 0 Å². The topological polar surface area (TPSA) is 64.8 Å². The molecule has 0 saturated heterocycles. The third-order valence-corrected chi connectivity index (χ3v) is 2.75. The maximum Gasteiger partial charge on any atom is 0.124 e. The quantitative estimate of drug-likeness (QED) is 0.557. The number of hydrogen-bond donors (Lipinski definition) is 3. The summed E-state index contributed by atoms with van der Waals surface area (Å²) in [5.74, 6) is 0.475. The van der Waals surface area contributed by atoms with Gasteiger partial charge >= 0.3 is 0 Å². The number of nitrogens with one attached hydrogen (secondary N) is 1. The summed E-state index contributed by atoms with van der Waals surface area (Å²) in [5, 5.41) is 22.2. The molecular formula is C16H17N2O2. The fourth-order valence-electron chi connectivity index (χ4n) is 1.68. The molecule has 0 bridgehead atoms. The number of nitrogens with zero attached hydrogens (tertiary/aromatic N) is 1. The molecule has 0 atom stereocenters. The molecule has 0 aliphatic heterocycles. The Morgan fingerprint density at radius 2 is 1.50 bits per heavy atom. The zero-order valence-corrected chi connectivity index (χ0v) is 11.0. The van der Waals surface area contributed by atoms with Gasteiger partial charge in [0.15, 0.2) is 0 Å². The third kappa shape index (κ3) is 4.10. The van der Waals surface area contributed by atoms with Gasteiger partial charge in [-0.25, -0.2) is 0 Å². The van der Waals surface area contributed by atoms with Crippen LogP contribution in [-0.4, -0.2) is 29.5 Å². The summed E-state index contributed by atoms with van der Waals surface area (Å²) in [4.78, 5) is 4.23. The van der Waals surface area contributed by atoms with Gasteiger partial charge in [-0.3, -0.25) is 4.99 Å². The van der Waals surface area contributed by atoms with Crippen molar-refractivity contribution < 1.29 is 10.2 Å². The van der Waals surface area contributed by atoms with E-state index >= 15 is 0 Å². The molecular weight excluding hydrogens is 252 g/mol. The molecule has 103 valence electrons. The normalized spacial score (nSPS) is 11.0. The van der Waals surface area contributed by atoms with Crippen molar-refractivity contribution in [1.29, 1.82) is 0 Å². The maximum atomic E-state index is 9.56. The average molecular weight is 269 g/mol. The minimum absolute atomic E-state index is 0.227. The molecule has 3 N–H and O–H groups in total. The Balaban J connectivity index is 1.72. The molecule has 2 rings (SSSR count). The summed E-state index contributed by atoms with van der Waals surface area (Å²) < 4.78 is 0. The number of phenolic OH excluding ortho intramolecular Hbond substituents is 2. The van der Waals surface area contributed by atoms with E-state index in [4.69, 9.17) is 0 Å². The van der Waals surface area contributed by atoms with E-state index in [1.54, 1.807) is 43.1 Å². The molecule has 0 spiro atoms. The van der Waals surface area contributed by atoms with Gasteiger partial charge in [0.25, 0.3) is 0 Å². The van der Waals surface area contributed by atoms with Gasteiger partial charge in [-0.05, 0) is 18.2 Å². The van der Waals surface area contributed by atoms with Crippen LogP contribution in [-0.2, 0) is 0 Å². The Morgan fingerprint density at radius 3 is 2.15 bits per heavy atom. The summed E-state index contributed by atoms with van der Waals surface area (Å²) >= 11 is 0. The maximum absolute atomic E-state index is 9.56. The van der Waals surface area contributed by atoms with Crippen molar-refractivity contribution in [1.82, 2.24) is 5.32 Å².